The number of ether oxygens (including phenoxy) is 4. The third-order valence-electron chi connectivity index (χ3n) is 10.1. The van der Waals surface area contributed by atoms with E-state index in [1.165, 1.54) is 14.0 Å². The molecule has 1 saturated heterocycles. The number of aliphatic hydroxyl groups is 2. The standard InChI is InChI=1S/C31H46O9/c1-10-15(2)25(38-17(4)32)16(3)20-22(33)27-21(23(34)26(20)37-9)24(35)28-30(7)13-11-18(29(5,6)36)39-19(30)12-14-31(28,8)40-27/h15-16,18-19,24-25,28,35-36H,10-14H2,1-9H3/t15-,16-,18+,19+,24+,25+,28+,30-,31+/m0/s1. The minimum atomic E-state index is -1.28. The number of hydrogen-bond acceptors (Lipinski definition) is 9. The summed E-state index contributed by atoms with van der Waals surface area (Å²) in [6.45, 7) is 14.4. The van der Waals surface area contributed by atoms with E-state index in [1.54, 1.807) is 20.8 Å². The fourth-order valence-corrected chi connectivity index (χ4v) is 7.76. The van der Waals surface area contributed by atoms with Gasteiger partial charge in [0, 0.05) is 24.2 Å². The molecule has 4 rings (SSSR count). The van der Waals surface area contributed by atoms with Crippen molar-refractivity contribution in [1.29, 1.82) is 0 Å². The van der Waals surface area contributed by atoms with Gasteiger partial charge >= 0.3 is 5.97 Å². The Morgan fingerprint density at radius 1 is 1.15 bits per heavy atom. The van der Waals surface area contributed by atoms with E-state index < -0.39 is 58.2 Å². The first-order chi connectivity index (χ1) is 18.5. The Labute approximate surface area is 237 Å². The molecule has 0 radical (unpaired) electrons. The van der Waals surface area contributed by atoms with Crippen LogP contribution in [0.15, 0.2) is 22.7 Å². The van der Waals surface area contributed by atoms with Crippen molar-refractivity contribution in [3.05, 3.63) is 22.7 Å². The van der Waals surface area contributed by atoms with Gasteiger partial charge in [-0.05, 0) is 52.4 Å². The minimum Gasteiger partial charge on any atom is -0.492 e. The highest BCUT2D eigenvalue weighted by Gasteiger charge is 2.65. The minimum absolute atomic E-state index is 0.0839. The molecule has 0 amide bonds. The Bertz CT molecular complexity index is 1130. The first kappa shape index (κ1) is 30.7. The summed E-state index contributed by atoms with van der Waals surface area (Å²) in [4.78, 5) is 40.0. The molecule has 0 aromatic heterocycles. The summed E-state index contributed by atoms with van der Waals surface area (Å²) in [5, 5.41) is 22.5. The van der Waals surface area contributed by atoms with Crippen LogP contribution in [0.2, 0.25) is 0 Å². The Balaban J connectivity index is 1.74. The lowest BCUT2D eigenvalue weighted by atomic mass is 9.52. The van der Waals surface area contributed by atoms with Crippen molar-refractivity contribution in [3.8, 4) is 0 Å². The first-order valence-corrected chi connectivity index (χ1v) is 14.6. The van der Waals surface area contributed by atoms with Crippen LogP contribution in [-0.2, 0) is 33.3 Å². The molecule has 0 unspecified atom stereocenters. The summed E-state index contributed by atoms with van der Waals surface area (Å²) in [5.41, 5.74) is -2.47. The van der Waals surface area contributed by atoms with Gasteiger partial charge in [-0.15, -0.1) is 0 Å². The zero-order valence-electron chi connectivity index (χ0n) is 25.3. The van der Waals surface area contributed by atoms with Crippen LogP contribution in [0, 0.1) is 23.2 Å². The maximum Gasteiger partial charge on any atom is 0.302 e. The second-order valence-corrected chi connectivity index (χ2v) is 13.3. The predicted molar refractivity (Wildman–Crippen MR) is 146 cm³/mol. The Kier molecular flexibility index (Phi) is 8.11. The lowest BCUT2D eigenvalue weighted by Crippen LogP contribution is -2.66. The maximum absolute atomic E-state index is 14.1. The van der Waals surface area contributed by atoms with E-state index in [4.69, 9.17) is 18.9 Å². The van der Waals surface area contributed by atoms with Gasteiger partial charge in [0.05, 0.1) is 42.2 Å². The van der Waals surface area contributed by atoms with Crippen molar-refractivity contribution < 1.29 is 43.5 Å². The van der Waals surface area contributed by atoms with Gasteiger partial charge in [0.25, 0.3) is 0 Å². The van der Waals surface area contributed by atoms with Gasteiger partial charge in [-0.25, -0.2) is 0 Å². The third kappa shape index (κ3) is 4.81. The molecule has 0 spiro atoms. The molecule has 2 heterocycles. The van der Waals surface area contributed by atoms with E-state index in [2.05, 4.69) is 0 Å². The van der Waals surface area contributed by atoms with E-state index in [0.29, 0.717) is 32.1 Å². The van der Waals surface area contributed by atoms with Gasteiger partial charge < -0.3 is 29.2 Å². The van der Waals surface area contributed by atoms with Crippen LogP contribution >= 0.6 is 0 Å². The Hall–Kier alpha value is -2.23. The van der Waals surface area contributed by atoms with E-state index in [0.717, 1.165) is 0 Å². The van der Waals surface area contributed by atoms with Gasteiger partial charge in [0.15, 0.2) is 11.5 Å². The molecule has 0 aromatic rings. The average Bonchev–Trinajstić information content (AvgIpc) is 2.86. The highest BCUT2D eigenvalue weighted by molar-refractivity contribution is 6.24. The molecule has 2 fully saturated rings. The van der Waals surface area contributed by atoms with Crippen LogP contribution in [0.5, 0.6) is 0 Å². The van der Waals surface area contributed by atoms with Crippen molar-refractivity contribution in [2.45, 2.75) is 123 Å². The fourth-order valence-electron chi connectivity index (χ4n) is 7.76. The molecule has 2 aliphatic carbocycles. The monoisotopic (exact) mass is 562 g/mol. The lowest BCUT2D eigenvalue weighted by molar-refractivity contribution is -0.260. The smallest absolute Gasteiger partial charge is 0.302 e. The topological polar surface area (TPSA) is 129 Å². The normalized spacial score (nSPS) is 36.6. The van der Waals surface area contributed by atoms with Crippen molar-refractivity contribution in [2.24, 2.45) is 23.2 Å². The van der Waals surface area contributed by atoms with E-state index in [9.17, 15) is 24.6 Å². The summed E-state index contributed by atoms with van der Waals surface area (Å²) >= 11 is 0. The molecule has 0 aromatic carbocycles. The number of allylic oxidation sites excluding steroid dienone is 2. The fraction of sp³-hybridized carbons (Fsp3) is 0.774. The summed E-state index contributed by atoms with van der Waals surface area (Å²) in [6, 6.07) is 0. The summed E-state index contributed by atoms with van der Waals surface area (Å²) in [5.74, 6) is -3.13. The van der Waals surface area contributed by atoms with Crippen molar-refractivity contribution in [2.75, 3.05) is 7.11 Å². The van der Waals surface area contributed by atoms with Crippen molar-refractivity contribution in [1.82, 2.24) is 0 Å². The van der Waals surface area contributed by atoms with Gasteiger partial charge in [-0.3, -0.25) is 14.4 Å². The van der Waals surface area contributed by atoms with Crippen LogP contribution in [0.25, 0.3) is 0 Å². The van der Waals surface area contributed by atoms with E-state index in [1.807, 2.05) is 27.7 Å². The molecule has 1 saturated carbocycles. The first-order valence-electron chi connectivity index (χ1n) is 14.6. The highest BCUT2D eigenvalue weighted by Crippen LogP contribution is 2.60. The van der Waals surface area contributed by atoms with Gasteiger partial charge in [-0.2, -0.15) is 0 Å². The second-order valence-electron chi connectivity index (χ2n) is 13.3. The number of esters is 1. The molecular weight excluding hydrogens is 516 g/mol. The van der Waals surface area contributed by atoms with Gasteiger partial charge in [0.1, 0.15) is 11.7 Å². The second kappa shape index (κ2) is 10.6. The third-order valence-corrected chi connectivity index (χ3v) is 10.1. The van der Waals surface area contributed by atoms with E-state index >= 15 is 0 Å². The number of carbonyl (C=O) groups is 3. The van der Waals surface area contributed by atoms with Gasteiger partial charge in [0.2, 0.25) is 11.6 Å². The number of Topliss-reactive ketones (excluding diaryl/α,β-unsaturated/α-hetero) is 2. The number of methoxy groups -OCH3 is 1. The summed E-state index contributed by atoms with van der Waals surface area (Å²) in [6.07, 6.45) is 0.541. The highest BCUT2D eigenvalue weighted by atomic mass is 16.5. The molecule has 2 aliphatic heterocycles. The molecule has 9 atom stereocenters. The number of aliphatic hydroxyl groups excluding tert-OH is 1. The number of ketones is 2. The molecule has 9 nitrogen and oxygen atoms in total. The zero-order chi connectivity index (χ0) is 29.9. The summed E-state index contributed by atoms with van der Waals surface area (Å²) < 4.78 is 24.1. The summed E-state index contributed by atoms with van der Waals surface area (Å²) in [7, 11) is 1.33. The molecule has 9 heteroatoms. The lowest BCUT2D eigenvalue weighted by Gasteiger charge is -2.61. The number of carbonyl (C=O) groups excluding carboxylic acids is 3. The van der Waals surface area contributed by atoms with Crippen LogP contribution in [0.4, 0.5) is 0 Å². The molecule has 2 N–H and O–H groups in total. The molecule has 4 aliphatic rings. The maximum atomic E-state index is 14.1. The van der Waals surface area contributed by atoms with Crippen molar-refractivity contribution in [3.63, 3.8) is 0 Å². The Morgan fingerprint density at radius 3 is 2.35 bits per heavy atom. The van der Waals surface area contributed by atoms with E-state index in [-0.39, 0.29) is 40.8 Å². The molecule has 224 valence electrons. The molecule has 40 heavy (non-hydrogen) atoms. The van der Waals surface area contributed by atoms with Crippen LogP contribution in [-0.4, -0.2) is 70.5 Å². The molecular formula is C31H46O9. The largest absolute Gasteiger partial charge is 0.492 e. The van der Waals surface area contributed by atoms with Crippen molar-refractivity contribution >= 4 is 17.5 Å². The quantitative estimate of drug-likeness (QED) is 0.352. The number of fused-ring (bicyclic) bond motifs is 3. The van der Waals surface area contributed by atoms with Crippen LogP contribution in [0.3, 0.4) is 0 Å². The Morgan fingerprint density at radius 2 is 1.80 bits per heavy atom. The molecule has 0 bridgehead atoms. The zero-order valence-corrected chi connectivity index (χ0v) is 25.3. The van der Waals surface area contributed by atoms with Gasteiger partial charge in [-0.1, -0.05) is 34.1 Å². The SMILES string of the molecule is CC[C@H](C)[C@@H](OC(C)=O)[C@@H](C)C1=C(OC)C(=O)C2=C(O[C@]3(C)CC[C@H]4O[C@@H](C(C)(C)O)CC[C@]4(C)[C@H]3[C@@H]2O)C1=O. The predicted octanol–water partition coefficient (Wildman–Crippen LogP) is 3.79. The number of hydrogen-bond donors (Lipinski definition) is 2. The number of rotatable bonds is 7. The van der Waals surface area contributed by atoms with Crippen LogP contribution in [0.1, 0.15) is 87.5 Å². The average molecular weight is 563 g/mol. The van der Waals surface area contributed by atoms with Crippen LogP contribution < -0.4 is 0 Å².